The van der Waals surface area contributed by atoms with Crippen molar-refractivity contribution in [2.45, 2.75) is 103 Å². The van der Waals surface area contributed by atoms with Crippen LogP contribution >= 0.6 is 11.6 Å². The van der Waals surface area contributed by atoms with Crippen LogP contribution in [0.2, 0.25) is 5.02 Å². The molecule has 0 radical (unpaired) electrons. The van der Waals surface area contributed by atoms with Gasteiger partial charge in [-0.25, -0.2) is 19.0 Å². The first-order valence-corrected chi connectivity index (χ1v) is 32.4. The summed E-state index contributed by atoms with van der Waals surface area (Å²) in [6.45, 7) is 21.5. The number of amides is 6. The molecule has 3 aliphatic carbocycles. The second-order valence-corrected chi connectivity index (χ2v) is 26.7. The molecule has 0 bridgehead atoms. The fraction of sp³-hybridized carbons (Fsp3) is 0.371. The predicted octanol–water partition coefficient (Wildman–Crippen LogP) is 8.94. The molecule has 0 atom stereocenters. The number of likely N-dealkylation sites (tertiary alicyclic amines) is 3. The van der Waals surface area contributed by atoms with E-state index in [1.807, 2.05) is 85.2 Å². The lowest BCUT2D eigenvalue weighted by Crippen LogP contribution is -2.63. The molecule has 3 aliphatic heterocycles. The third kappa shape index (κ3) is 13.4. The van der Waals surface area contributed by atoms with Gasteiger partial charge in [0.2, 0.25) is 23.6 Å². The number of para-hydroxylation sites is 1. The average Bonchev–Trinajstić information content (AvgIpc) is 1.28. The van der Waals surface area contributed by atoms with Crippen LogP contribution in [0.4, 0.5) is 17.5 Å². The van der Waals surface area contributed by atoms with E-state index >= 15 is 0 Å². The molecule has 3 saturated carbocycles. The zero-order chi connectivity index (χ0) is 68.5. The van der Waals surface area contributed by atoms with E-state index in [2.05, 4.69) is 34.9 Å². The molecule has 7 aromatic rings. The molecule has 26 heteroatoms. The lowest BCUT2D eigenvalue weighted by atomic mass is 9.60. The first kappa shape index (κ1) is 67.0. The fourth-order valence-corrected chi connectivity index (χ4v) is 14.7. The summed E-state index contributed by atoms with van der Waals surface area (Å²) in [5, 5.41) is 14.4. The summed E-state index contributed by atoms with van der Waals surface area (Å²) in [5.41, 5.74) is 40.1. The number of rotatable bonds is 19. The Morgan fingerprint density at radius 1 is 0.573 bits per heavy atom. The standard InChI is InChI=1S/C25H26N6O3.C23H29N5O3.C22H26ClN5O3/c1-2-20(32)30-11-10-25(15-30)12-17(13-25)31-23(26)21(24(27)33)22(29-31)16-8-9-19(28-14-16)34-18-6-4-3-5-7-18;1-3-11-31-17-7-5-15(6-8-17)20-19(22(25)30)21(24)28(26-20)16-12-23(13-16)9-10-27(14-23)18(29)4-2;1-4-17(29)27-10-22(11-27)8-14(9-22)28-20(24)18(21(25)30)19(26-28)13-5-6-16(15(23)7-13)31-12(2)3/h2-9,14,17H,1,10-13,15,26H2,(H2,27,33);4-8,16H,2-3,9-14,24H2,1H3,(H2,25,30);4-7,12,14H,1,8-11,24H2,2-3H3,(H2,25,30). The van der Waals surface area contributed by atoms with Crippen molar-refractivity contribution in [1.82, 2.24) is 49.0 Å². The lowest BCUT2D eigenvalue weighted by molar-refractivity contribution is -0.148. The molecule has 3 aromatic carbocycles. The Kier molecular flexibility index (Phi) is 18.9. The Hall–Kier alpha value is -10.4. The number of hydrogen-bond donors (Lipinski definition) is 6. The summed E-state index contributed by atoms with van der Waals surface area (Å²) >= 11 is 6.37. The van der Waals surface area contributed by atoms with Gasteiger partial charge in [-0.05, 0) is 161 Å². The van der Waals surface area contributed by atoms with E-state index in [-0.39, 0.29) is 86.5 Å². The highest BCUT2D eigenvalue weighted by atomic mass is 35.5. The molecule has 12 N–H and O–H groups in total. The number of pyridine rings is 1. The van der Waals surface area contributed by atoms with Crippen LogP contribution in [0.5, 0.6) is 23.1 Å². The van der Waals surface area contributed by atoms with Gasteiger partial charge in [-0.3, -0.25) is 28.8 Å². The van der Waals surface area contributed by atoms with Crippen LogP contribution in [-0.4, -0.2) is 136 Å². The highest BCUT2D eigenvalue weighted by Gasteiger charge is 2.55. The summed E-state index contributed by atoms with van der Waals surface area (Å²) in [7, 11) is 0. The average molecular weight is 1330 g/mol. The summed E-state index contributed by atoms with van der Waals surface area (Å²) in [6.07, 6.45) is 13.5. The molecule has 3 saturated heterocycles. The SMILES string of the molecule is C=CC(=O)N1CC2(CC(n3nc(-c4ccc(OC(C)C)c(Cl)c4)c(C(N)=O)c3N)C2)C1.C=CC(=O)N1CCC2(CC(n3nc(-c4ccc(OCCC)cc4)c(C(N)=O)c3N)C2)C1.C=CC(=O)N1CCC2(CC(n3nc(-c4ccc(Oc5ccccc5)nc4)c(C(N)=O)c3N)C2)C1. The third-order valence-electron chi connectivity index (χ3n) is 19.2. The Morgan fingerprint density at radius 2 is 1.00 bits per heavy atom. The Labute approximate surface area is 561 Å². The zero-order valence-electron chi connectivity index (χ0n) is 54.1. The second-order valence-electron chi connectivity index (χ2n) is 26.3. The molecular weight excluding hydrogens is 1240 g/mol. The van der Waals surface area contributed by atoms with Gasteiger partial charge in [0.1, 0.15) is 68.5 Å². The number of carbonyl (C=O) groups excluding carboxylic acids is 6. The van der Waals surface area contributed by atoms with E-state index in [0.717, 1.165) is 88.7 Å². The summed E-state index contributed by atoms with van der Waals surface area (Å²) < 4.78 is 22.2. The topological polar surface area (TPSA) is 362 Å². The molecule has 13 rings (SSSR count). The molecule has 0 unspecified atom stereocenters. The number of anilines is 3. The van der Waals surface area contributed by atoms with E-state index < -0.39 is 17.7 Å². The fourth-order valence-electron chi connectivity index (χ4n) is 14.4. The smallest absolute Gasteiger partial charge is 0.254 e. The van der Waals surface area contributed by atoms with Crippen molar-refractivity contribution in [1.29, 1.82) is 0 Å². The molecule has 6 aliphatic rings. The number of nitrogens with two attached hydrogens (primary N) is 6. The Morgan fingerprint density at radius 3 is 1.43 bits per heavy atom. The van der Waals surface area contributed by atoms with Crippen molar-refractivity contribution in [3.63, 3.8) is 0 Å². The number of hydrogen-bond acceptors (Lipinski definition) is 16. The van der Waals surface area contributed by atoms with Crippen LogP contribution in [0.3, 0.4) is 0 Å². The lowest BCUT2D eigenvalue weighted by Gasteiger charge is -2.58. The van der Waals surface area contributed by atoms with Crippen molar-refractivity contribution in [3.05, 3.63) is 151 Å². The van der Waals surface area contributed by atoms with E-state index in [1.54, 1.807) is 55.5 Å². The van der Waals surface area contributed by atoms with Gasteiger partial charge in [0.05, 0.1) is 35.9 Å². The summed E-state index contributed by atoms with van der Waals surface area (Å²) in [4.78, 5) is 82.0. The molecule has 7 heterocycles. The molecule has 6 fully saturated rings. The van der Waals surface area contributed by atoms with Crippen molar-refractivity contribution in [3.8, 4) is 56.9 Å². The molecular formula is C70H81ClN16O9. The maximum Gasteiger partial charge on any atom is 0.254 e. The summed E-state index contributed by atoms with van der Waals surface area (Å²) in [6, 6.07) is 25.7. The van der Waals surface area contributed by atoms with E-state index in [1.165, 1.54) is 18.2 Å². The maximum atomic E-state index is 12.3. The van der Waals surface area contributed by atoms with Gasteiger partial charge in [0.15, 0.2) is 0 Å². The molecule has 96 heavy (non-hydrogen) atoms. The number of nitrogen functional groups attached to an aromatic ring is 3. The minimum Gasteiger partial charge on any atom is -0.494 e. The van der Waals surface area contributed by atoms with Gasteiger partial charge in [-0.2, -0.15) is 15.3 Å². The number of nitrogens with zero attached hydrogens (tertiary/aromatic N) is 10. The quantitative estimate of drug-likeness (QED) is 0.0411. The molecule has 25 nitrogen and oxygen atoms in total. The number of aromatic nitrogens is 7. The molecule has 4 aromatic heterocycles. The first-order valence-electron chi connectivity index (χ1n) is 32.1. The van der Waals surface area contributed by atoms with Crippen LogP contribution in [0.25, 0.3) is 33.8 Å². The number of primary amides is 3. The highest BCUT2D eigenvalue weighted by Crippen LogP contribution is 2.57. The molecule has 3 spiro atoms. The zero-order valence-corrected chi connectivity index (χ0v) is 54.9. The number of halogens is 1. The molecule has 6 amide bonds. The minimum atomic E-state index is -0.641. The van der Waals surface area contributed by atoms with Gasteiger partial charge in [-0.15, -0.1) is 0 Å². The third-order valence-corrected chi connectivity index (χ3v) is 19.5. The summed E-state index contributed by atoms with van der Waals surface area (Å²) in [5.74, 6) is 1.23. The highest BCUT2D eigenvalue weighted by molar-refractivity contribution is 6.32. The van der Waals surface area contributed by atoms with Gasteiger partial charge in [-0.1, -0.05) is 56.5 Å². The predicted molar refractivity (Wildman–Crippen MR) is 364 cm³/mol. The maximum absolute atomic E-state index is 12.3. The number of carbonyl (C=O) groups is 6. The number of ether oxygens (including phenoxy) is 3. The van der Waals surface area contributed by atoms with E-state index in [0.29, 0.717) is 82.7 Å². The molecule has 502 valence electrons. The minimum absolute atomic E-state index is 0.0190. The Bertz CT molecular complexity index is 4150. The van der Waals surface area contributed by atoms with Crippen LogP contribution in [0.1, 0.15) is 128 Å². The van der Waals surface area contributed by atoms with E-state index in [4.69, 9.17) is 65.3 Å². The van der Waals surface area contributed by atoms with Gasteiger partial charge < -0.3 is 63.3 Å². The van der Waals surface area contributed by atoms with Crippen LogP contribution in [0.15, 0.2) is 129 Å². The monoisotopic (exact) mass is 1320 g/mol. The van der Waals surface area contributed by atoms with Crippen molar-refractivity contribution in [2.75, 3.05) is 63.1 Å². The van der Waals surface area contributed by atoms with Gasteiger partial charge in [0.25, 0.3) is 17.7 Å². The van der Waals surface area contributed by atoms with Crippen molar-refractivity contribution >= 4 is 64.5 Å². The van der Waals surface area contributed by atoms with Crippen molar-refractivity contribution in [2.24, 2.45) is 33.4 Å². The Balaban J connectivity index is 0.000000147. The normalized spacial score (nSPS) is 17.2. The largest absolute Gasteiger partial charge is 0.494 e. The second kappa shape index (κ2) is 27.1. The van der Waals surface area contributed by atoms with Crippen molar-refractivity contribution < 1.29 is 43.0 Å². The van der Waals surface area contributed by atoms with Crippen LogP contribution in [0, 0.1) is 16.2 Å². The number of benzene rings is 3. The van der Waals surface area contributed by atoms with Crippen LogP contribution < -0.4 is 48.6 Å². The van der Waals surface area contributed by atoms with Crippen LogP contribution in [-0.2, 0) is 14.4 Å². The van der Waals surface area contributed by atoms with Gasteiger partial charge >= 0.3 is 0 Å². The van der Waals surface area contributed by atoms with Gasteiger partial charge in [0, 0.05) is 73.6 Å². The van der Waals surface area contributed by atoms with E-state index in [9.17, 15) is 28.8 Å². The first-order chi connectivity index (χ1) is 45.9.